The Morgan fingerprint density at radius 1 is 1.00 bits per heavy atom. The molecule has 6 heteroatoms. The molecule has 8 unspecified atom stereocenters. The molecule has 0 radical (unpaired) electrons. The highest BCUT2D eigenvalue weighted by atomic mass is 16.4. The van der Waals surface area contributed by atoms with Gasteiger partial charge >= 0.3 is 5.97 Å². The van der Waals surface area contributed by atoms with Crippen LogP contribution in [0.1, 0.15) is 87.0 Å². The zero-order chi connectivity index (χ0) is 27.0. The lowest BCUT2D eigenvalue weighted by Crippen LogP contribution is -2.56. The van der Waals surface area contributed by atoms with Gasteiger partial charge in [-0.05, 0) is 81.0 Å². The molecule has 6 nitrogen and oxygen atoms in total. The second kappa shape index (κ2) is 8.75. The minimum absolute atomic E-state index is 0.113. The number of aliphatic hydroxyl groups excluding tert-OH is 1. The number of aliphatic hydroxyl groups is 1. The molecular weight excluding hydrogens is 456 g/mol. The minimum atomic E-state index is -1.05. The van der Waals surface area contributed by atoms with Gasteiger partial charge in [0, 0.05) is 29.4 Å². The number of allylic oxidation sites excluding steroid dienone is 3. The third-order valence-corrected chi connectivity index (χ3v) is 11.0. The van der Waals surface area contributed by atoms with Crippen LogP contribution < -0.4 is 0 Å². The number of fused-ring (bicyclic) bond motifs is 3. The van der Waals surface area contributed by atoms with Crippen molar-refractivity contribution in [2.75, 3.05) is 0 Å². The van der Waals surface area contributed by atoms with Gasteiger partial charge in [0.05, 0.1) is 12.0 Å². The van der Waals surface area contributed by atoms with E-state index in [1.807, 2.05) is 6.92 Å². The molecule has 4 aliphatic rings. The molecule has 4 aliphatic carbocycles. The van der Waals surface area contributed by atoms with Crippen molar-refractivity contribution in [3.8, 4) is 0 Å². The number of carboxylic acids is 1. The number of rotatable bonds is 4. The van der Waals surface area contributed by atoms with Crippen LogP contribution in [0.15, 0.2) is 22.8 Å². The summed E-state index contributed by atoms with van der Waals surface area (Å²) in [5.41, 5.74) is 1.03. The van der Waals surface area contributed by atoms with Crippen LogP contribution in [0.4, 0.5) is 0 Å². The normalized spacial score (nSPS) is 43.7. The summed E-state index contributed by atoms with van der Waals surface area (Å²) in [7, 11) is 0. The molecule has 8 atom stereocenters. The number of hydrogen-bond donors (Lipinski definition) is 2. The summed E-state index contributed by atoms with van der Waals surface area (Å²) in [6.45, 7) is 13.5. The Balaban J connectivity index is 1.79. The third kappa shape index (κ3) is 3.77. The van der Waals surface area contributed by atoms with Crippen LogP contribution >= 0.6 is 0 Å². The molecular formula is C30H42O6. The van der Waals surface area contributed by atoms with Gasteiger partial charge < -0.3 is 10.2 Å². The number of carbonyl (C=O) groups excluding carboxylic acids is 3. The zero-order valence-electron chi connectivity index (χ0n) is 22.8. The highest BCUT2D eigenvalue weighted by Crippen LogP contribution is 2.69. The topological polar surface area (TPSA) is 109 Å². The van der Waals surface area contributed by atoms with Gasteiger partial charge in [-0.15, -0.1) is 0 Å². The molecule has 0 aliphatic heterocycles. The number of carbonyl (C=O) groups is 4. The van der Waals surface area contributed by atoms with Crippen molar-refractivity contribution in [1.82, 2.24) is 0 Å². The number of ketones is 3. The van der Waals surface area contributed by atoms with E-state index in [2.05, 4.69) is 27.7 Å². The van der Waals surface area contributed by atoms with Crippen molar-refractivity contribution in [3.05, 3.63) is 22.8 Å². The first-order valence-corrected chi connectivity index (χ1v) is 13.4. The first-order valence-electron chi connectivity index (χ1n) is 13.4. The Bertz CT molecular complexity index is 1080. The maximum atomic E-state index is 13.8. The van der Waals surface area contributed by atoms with E-state index in [4.69, 9.17) is 0 Å². The van der Waals surface area contributed by atoms with Crippen molar-refractivity contribution in [1.29, 1.82) is 0 Å². The second-order valence-corrected chi connectivity index (χ2v) is 13.2. The van der Waals surface area contributed by atoms with Crippen LogP contribution in [-0.2, 0) is 19.2 Å². The third-order valence-electron chi connectivity index (χ3n) is 11.0. The Kier molecular flexibility index (Phi) is 6.55. The van der Waals surface area contributed by atoms with Crippen LogP contribution in [0.3, 0.4) is 0 Å². The van der Waals surface area contributed by atoms with Gasteiger partial charge in [0.15, 0.2) is 5.78 Å². The molecule has 0 aromatic rings. The summed E-state index contributed by atoms with van der Waals surface area (Å²) < 4.78 is 0. The lowest BCUT2D eigenvalue weighted by molar-refractivity contribution is -0.154. The van der Waals surface area contributed by atoms with E-state index in [0.29, 0.717) is 25.0 Å². The maximum Gasteiger partial charge on any atom is 0.330 e. The molecule has 0 heterocycles. The van der Waals surface area contributed by atoms with E-state index in [1.165, 1.54) is 13.8 Å². The molecule has 4 saturated carbocycles. The Hall–Kier alpha value is -2.08. The van der Waals surface area contributed by atoms with Crippen LogP contribution in [0.5, 0.6) is 0 Å². The summed E-state index contributed by atoms with van der Waals surface area (Å²) in [5.74, 6) is -1.79. The molecule has 0 aromatic heterocycles. The molecule has 0 amide bonds. The van der Waals surface area contributed by atoms with Crippen LogP contribution in [0, 0.1) is 45.8 Å². The van der Waals surface area contributed by atoms with Gasteiger partial charge in [-0.3, -0.25) is 14.4 Å². The highest BCUT2D eigenvalue weighted by Gasteiger charge is 2.65. The zero-order valence-corrected chi connectivity index (χ0v) is 22.8. The van der Waals surface area contributed by atoms with Gasteiger partial charge in [0.25, 0.3) is 0 Å². The van der Waals surface area contributed by atoms with Gasteiger partial charge in [-0.1, -0.05) is 39.3 Å². The second-order valence-electron chi connectivity index (χ2n) is 13.2. The summed E-state index contributed by atoms with van der Waals surface area (Å²) >= 11 is 0. The van der Waals surface area contributed by atoms with Crippen molar-refractivity contribution in [3.63, 3.8) is 0 Å². The lowest BCUT2D eigenvalue weighted by Gasteiger charge is -2.60. The Morgan fingerprint density at radius 2 is 1.64 bits per heavy atom. The molecule has 0 spiro atoms. The Labute approximate surface area is 214 Å². The largest absolute Gasteiger partial charge is 0.478 e. The van der Waals surface area contributed by atoms with Gasteiger partial charge in [0.2, 0.25) is 0 Å². The molecule has 0 aromatic carbocycles. The fourth-order valence-electron chi connectivity index (χ4n) is 9.23. The smallest absolute Gasteiger partial charge is 0.330 e. The van der Waals surface area contributed by atoms with Crippen LogP contribution in [0.2, 0.25) is 0 Å². The molecule has 4 rings (SSSR count). The maximum absolute atomic E-state index is 13.8. The van der Waals surface area contributed by atoms with Crippen molar-refractivity contribution in [2.45, 2.75) is 93.1 Å². The molecule has 198 valence electrons. The van der Waals surface area contributed by atoms with Gasteiger partial charge in [0.1, 0.15) is 11.6 Å². The van der Waals surface area contributed by atoms with Crippen LogP contribution in [0.25, 0.3) is 0 Å². The van der Waals surface area contributed by atoms with Gasteiger partial charge in [-0.2, -0.15) is 0 Å². The van der Waals surface area contributed by atoms with E-state index in [1.54, 1.807) is 6.08 Å². The predicted molar refractivity (Wildman–Crippen MR) is 136 cm³/mol. The molecule has 0 bridgehead atoms. The summed E-state index contributed by atoms with van der Waals surface area (Å²) in [4.78, 5) is 50.7. The van der Waals surface area contributed by atoms with E-state index >= 15 is 0 Å². The summed E-state index contributed by atoms with van der Waals surface area (Å²) in [6, 6.07) is 0. The lowest BCUT2D eigenvalue weighted by atomic mass is 9.43. The fraction of sp³-hybridized carbons (Fsp3) is 0.733. The van der Waals surface area contributed by atoms with E-state index in [-0.39, 0.29) is 45.7 Å². The first kappa shape index (κ1) is 27.0. The molecule has 2 N–H and O–H groups in total. The summed E-state index contributed by atoms with van der Waals surface area (Å²) in [5, 5.41) is 20.3. The van der Waals surface area contributed by atoms with E-state index in [0.717, 1.165) is 30.4 Å². The average Bonchev–Trinajstić information content (AvgIpc) is 3.24. The fourth-order valence-corrected chi connectivity index (χ4v) is 9.23. The van der Waals surface area contributed by atoms with E-state index in [9.17, 15) is 29.4 Å². The quantitative estimate of drug-likeness (QED) is 0.532. The number of aliphatic carboxylic acids is 1. The molecule has 0 saturated heterocycles. The Morgan fingerprint density at radius 3 is 2.22 bits per heavy atom. The summed E-state index contributed by atoms with van der Waals surface area (Å²) in [6.07, 6.45) is 4.61. The predicted octanol–water partition coefficient (Wildman–Crippen LogP) is 4.94. The SMILES string of the molecule is CC(=O)C1C(O)CC(C(C)=C2C(=O)CC3C2(C)CCC2C(C)(C)C(=O)CCC23C)C1C=C(C)C(=O)O. The number of Topliss-reactive ketones (excluding diaryl/α,β-unsaturated/α-hetero) is 3. The molecule has 36 heavy (non-hydrogen) atoms. The minimum Gasteiger partial charge on any atom is -0.478 e. The van der Waals surface area contributed by atoms with E-state index < -0.39 is 29.3 Å². The van der Waals surface area contributed by atoms with Gasteiger partial charge in [-0.25, -0.2) is 4.79 Å². The highest BCUT2D eigenvalue weighted by molar-refractivity contribution is 6.00. The van der Waals surface area contributed by atoms with Crippen molar-refractivity contribution < 1.29 is 29.4 Å². The standard InChI is InChI=1S/C30H42O6/c1-15(27(35)36)12-19-18(13-20(32)25(19)17(3)31)16(2)26-21(33)14-23-29(6)11-9-24(34)28(4,5)22(29)8-10-30(23,26)7/h12,18-20,22-23,25,32H,8-11,13-14H2,1-7H3,(H,35,36). The van der Waals surface area contributed by atoms with Crippen molar-refractivity contribution >= 4 is 23.3 Å². The number of hydrogen-bond acceptors (Lipinski definition) is 5. The average molecular weight is 499 g/mol. The molecule has 4 fully saturated rings. The van der Waals surface area contributed by atoms with Crippen molar-refractivity contribution in [2.24, 2.45) is 45.8 Å². The monoisotopic (exact) mass is 498 g/mol. The van der Waals surface area contributed by atoms with Crippen LogP contribution in [-0.4, -0.2) is 39.6 Å². The first-order chi connectivity index (χ1) is 16.6. The number of carboxylic acid groups (broad SMARTS) is 1.